The maximum atomic E-state index is 13.0. The Hall–Kier alpha value is -3.20. The Morgan fingerprint density at radius 1 is 1.09 bits per heavy atom. The molecule has 0 radical (unpaired) electrons. The van der Waals surface area contributed by atoms with Crippen LogP contribution in [0, 0.1) is 0 Å². The van der Waals surface area contributed by atoms with Crippen LogP contribution in [-0.2, 0) is 37.1 Å². The van der Waals surface area contributed by atoms with Gasteiger partial charge in [-0.1, -0.05) is 18.6 Å². The average molecular weight is 463 g/mol. The van der Waals surface area contributed by atoms with Crippen LogP contribution in [0.5, 0.6) is 0 Å². The summed E-state index contributed by atoms with van der Waals surface area (Å²) in [5.74, 6) is 1.35. The fourth-order valence-electron chi connectivity index (χ4n) is 5.01. The first-order valence-electron chi connectivity index (χ1n) is 11.7. The number of para-hydroxylation sites is 2. The minimum atomic E-state index is -0.235. The van der Waals surface area contributed by atoms with E-state index in [-0.39, 0.29) is 18.1 Å². The lowest BCUT2D eigenvalue weighted by Crippen LogP contribution is -2.30. The molecule has 1 aliphatic heterocycles. The van der Waals surface area contributed by atoms with E-state index >= 15 is 0 Å². The number of aromatic nitrogens is 5. The molecular weight excluding hydrogens is 436 g/mol. The summed E-state index contributed by atoms with van der Waals surface area (Å²) in [7, 11) is 0. The minimum absolute atomic E-state index is 0.0824. The quantitative estimate of drug-likeness (QED) is 0.481. The van der Waals surface area contributed by atoms with Crippen LogP contribution in [0.4, 0.5) is 5.00 Å². The van der Waals surface area contributed by atoms with Crippen molar-refractivity contribution in [2.24, 2.45) is 0 Å². The van der Waals surface area contributed by atoms with Crippen LogP contribution in [0.15, 0.2) is 29.1 Å². The lowest BCUT2D eigenvalue weighted by Gasteiger charge is -2.12. The number of amides is 1. The molecule has 0 spiro atoms. The molecule has 0 saturated heterocycles. The van der Waals surface area contributed by atoms with Gasteiger partial charge in [-0.05, 0) is 56.2 Å². The molecule has 9 heteroatoms. The molecule has 33 heavy (non-hydrogen) atoms. The number of aromatic amines is 1. The van der Waals surface area contributed by atoms with Crippen molar-refractivity contribution in [2.45, 2.75) is 64.5 Å². The smallest absolute Gasteiger partial charge is 0.338 e. The molecule has 3 aromatic heterocycles. The molecule has 6 rings (SSSR count). The fraction of sp³-hybridized carbons (Fsp3) is 0.417. The normalized spacial score (nSPS) is 15.8. The number of benzene rings is 1. The van der Waals surface area contributed by atoms with Gasteiger partial charge in [-0.25, -0.2) is 14.5 Å². The SMILES string of the molecule is O=C(Cn1nc2n(c1=O)CCCCC2)Nc1sc2c(c1-c1nc3ccccc3[nH]1)CCCC2. The van der Waals surface area contributed by atoms with Crippen molar-refractivity contribution in [2.75, 3.05) is 5.32 Å². The van der Waals surface area contributed by atoms with Gasteiger partial charge in [0.15, 0.2) is 0 Å². The van der Waals surface area contributed by atoms with Crippen LogP contribution in [-0.4, -0.2) is 30.2 Å². The Labute approximate surface area is 194 Å². The van der Waals surface area contributed by atoms with Crippen LogP contribution >= 0.6 is 11.3 Å². The third-order valence-electron chi connectivity index (χ3n) is 6.63. The van der Waals surface area contributed by atoms with Crippen LogP contribution in [0.3, 0.4) is 0 Å². The monoisotopic (exact) mass is 462 g/mol. The molecule has 1 amide bonds. The summed E-state index contributed by atoms with van der Waals surface area (Å²) in [6.07, 6.45) is 8.22. The van der Waals surface area contributed by atoms with Crippen molar-refractivity contribution in [3.05, 3.63) is 51.0 Å². The van der Waals surface area contributed by atoms with Crippen molar-refractivity contribution in [3.8, 4) is 11.4 Å². The van der Waals surface area contributed by atoms with E-state index in [2.05, 4.69) is 15.4 Å². The molecule has 0 fully saturated rings. The number of aryl methyl sites for hydroxylation is 2. The van der Waals surface area contributed by atoms with Crippen molar-refractivity contribution in [1.82, 2.24) is 24.3 Å². The number of carbonyl (C=O) groups excluding carboxylic acids is 1. The largest absolute Gasteiger partial charge is 0.346 e. The predicted molar refractivity (Wildman–Crippen MR) is 129 cm³/mol. The highest BCUT2D eigenvalue weighted by Gasteiger charge is 2.25. The third kappa shape index (κ3) is 3.70. The molecule has 1 aliphatic carbocycles. The van der Waals surface area contributed by atoms with E-state index < -0.39 is 0 Å². The van der Waals surface area contributed by atoms with E-state index in [0.717, 1.165) is 84.6 Å². The summed E-state index contributed by atoms with van der Waals surface area (Å²) in [6.45, 7) is 0.602. The Bertz CT molecular complexity index is 1380. The number of imidazole rings is 1. The number of H-pyrrole nitrogens is 1. The number of nitrogens with one attached hydrogen (secondary N) is 2. The second-order valence-corrected chi connectivity index (χ2v) is 9.99. The van der Waals surface area contributed by atoms with E-state index in [9.17, 15) is 9.59 Å². The minimum Gasteiger partial charge on any atom is -0.338 e. The molecule has 170 valence electrons. The molecule has 4 heterocycles. The van der Waals surface area contributed by atoms with E-state index in [4.69, 9.17) is 4.98 Å². The Balaban J connectivity index is 1.32. The molecule has 0 unspecified atom stereocenters. The van der Waals surface area contributed by atoms with Gasteiger partial charge in [0.05, 0.1) is 16.6 Å². The number of carbonyl (C=O) groups is 1. The highest BCUT2D eigenvalue weighted by Crippen LogP contribution is 2.43. The molecule has 1 aromatic carbocycles. The Kier molecular flexibility index (Phi) is 5.13. The van der Waals surface area contributed by atoms with E-state index in [1.807, 2.05) is 24.3 Å². The molecule has 2 aliphatic rings. The topological polar surface area (TPSA) is 97.6 Å². The Morgan fingerprint density at radius 2 is 1.94 bits per heavy atom. The van der Waals surface area contributed by atoms with Gasteiger partial charge in [0.1, 0.15) is 23.2 Å². The number of nitrogens with zero attached hydrogens (tertiary/aromatic N) is 4. The van der Waals surface area contributed by atoms with E-state index in [1.54, 1.807) is 15.9 Å². The molecule has 4 aromatic rings. The molecule has 0 bridgehead atoms. The van der Waals surface area contributed by atoms with E-state index in [0.29, 0.717) is 6.54 Å². The lowest BCUT2D eigenvalue weighted by atomic mass is 9.95. The fourth-order valence-corrected chi connectivity index (χ4v) is 6.31. The summed E-state index contributed by atoms with van der Waals surface area (Å²) in [5.41, 5.74) is 3.97. The van der Waals surface area contributed by atoms with Gasteiger partial charge in [0.25, 0.3) is 0 Å². The van der Waals surface area contributed by atoms with Crippen molar-refractivity contribution in [1.29, 1.82) is 0 Å². The van der Waals surface area contributed by atoms with Crippen molar-refractivity contribution < 1.29 is 4.79 Å². The average Bonchev–Trinajstić information content (AvgIpc) is 3.41. The highest BCUT2D eigenvalue weighted by molar-refractivity contribution is 7.17. The first-order valence-corrected chi connectivity index (χ1v) is 12.5. The summed E-state index contributed by atoms with van der Waals surface area (Å²) < 4.78 is 3.04. The molecule has 0 saturated carbocycles. The zero-order valence-electron chi connectivity index (χ0n) is 18.4. The first-order chi connectivity index (χ1) is 16.2. The number of anilines is 1. The van der Waals surface area contributed by atoms with E-state index in [1.165, 1.54) is 15.1 Å². The maximum Gasteiger partial charge on any atom is 0.346 e. The van der Waals surface area contributed by atoms with Gasteiger partial charge in [-0.3, -0.25) is 9.36 Å². The second kappa shape index (κ2) is 8.30. The molecule has 8 nitrogen and oxygen atoms in total. The number of hydrogen-bond donors (Lipinski definition) is 2. The third-order valence-corrected chi connectivity index (χ3v) is 7.83. The van der Waals surface area contributed by atoms with Crippen LogP contribution < -0.4 is 11.0 Å². The standard InChI is InChI=1S/C24H26N6O2S/c31-20(14-30-24(32)29-13-7-1-2-12-19(29)28-30)27-23-21(15-8-3-6-11-18(15)33-23)22-25-16-9-4-5-10-17(16)26-22/h4-5,9-10H,1-3,6-8,11-14H2,(H,25,26)(H,27,31). The van der Waals surface area contributed by atoms with Gasteiger partial charge in [0.2, 0.25) is 5.91 Å². The number of fused-ring (bicyclic) bond motifs is 3. The predicted octanol–water partition coefficient (Wildman–Crippen LogP) is 3.89. The molecule has 2 N–H and O–H groups in total. The zero-order chi connectivity index (χ0) is 22.4. The summed E-state index contributed by atoms with van der Waals surface area (Å²) in [5, 5.41) is 8.35. The molecular formula is C24H26N6O2S. The zero-order valence-corrected chi connectivity index (χ0v) is 19.2. The highest BCUT2D eigenvalue weighted by atomic mass is 32.1. The second-order valence-electron chi connectivity index (χ2n) is 8.88. The van der Waals surface area contributed by atoms with Gasteiger partial charge in [-0.2, -0.15) is 5.10 Å². The summed E-state index contributed by atoms with van der Waals surface area (Å²) >= 11 is 1.63. The van der Waals surface area contributed by atoms with Crippen molar-refractivity contribution >= 4 is 33.3 Å². The van der Waals surface area contributed by atoms with Gasteiger partial charge >= 0.3 is 5.69 Å². The van der Waals surface area contributed by atoms with Crippen molar-refractivity contribution in [3.63, 3.8) is 0 Å². The molecule has 0 atom stereocenters. The lowest BCUT2D eigenvalue weighted by molar-refractivity contribution is -0.116. The van der Waals surface area contributed by atoms with Gasteiger partial charge < -0.3 is 10.3 Å². The number of hydrogen-bond acceptors (Lipinski definition) is 5. The summed E-state index contributed by atoms with van der Waals surface area (Å²) in [4.78, 5) is 35.4. The number of thiophene rings is 1. The Morgan fingerprint density at radius 3 is 2.85 bits per heavy atom. The van der Waals surface area contributed by atoms with Crippen LogP contribution in [0.1, 0.15) is 48.4 Å². The van der Waals surface area contributed by atoms with Gasteiger partial charge in [-0.15, -0.1) is 11.3 Å². The maximum absolute atomic E-state index is 13.0. The van der Waals surface area contributed by atoms with Crippen LogP contribution in [0.2, 0.25) is 0 Å². The first kappa shape index (κ1) is 20.4. The summed E-state index contributed by atoms with van der Waals surface area (Å²) in [6, 6.07) is 7.96. The van der Waals surface area contributed by atoms with Crippen LogP contribution in [0.25, 0.3) is 22.4 Å². The number of rotatable bonds is 4. The van der Waals surface area contributed by atoms with Gasteiger partial charge in [0, 0.05) is 17.8 Å².